The number of fused-ring (bicyclic) bond motifs is 3. The van der Waals surface area contributed by atoms with Gasteiger partial charge in [0.05, 0.1) is 6.10 Å². The van der Waals surface area contributed by atoms with E-state index in [9.17, 15) is 19.5 Å². The molecule has 2 fully saturated rings. The van der Waals surface area contributed by atoms with E-state index in [1.54, 1.807) is 0 Å². The summed E-state index contributed by atoms with van der Waals surface area (Å²) in [6.07, 6.45) is 1.82. The number of alkyl carbamates (subject to hydrolysis) is 1. The van der Waals surface area contributed by atoms with Gasteiger partial charge in [0.25, 0.3) is 0 Å². The van der Waals surface area contributed by atoms with Crippen LogP contribution in [-0.2, 0) is 19.1 Å². The second-order valence-electron chi connectivity index (χ2n) is 9.58. The van der Waals surface area contributed by atoms with Gasteiger partial charge in [-0.3, -0.25) is 4.79 Å². The first kappa shape index (κ1) is 23.4. The van der Waals surface area contributed by atoms with E-state index in [2.05, 4.69) is 17.4 Å². The van der Waals surface area contributed by atoms with Crippen LogP contribution in [0.3, 0.4) is 0 Å². The Labute approximate surface area is 204 Å². The molecule has 2 amide bonds. The molecular formula is C27H30N2O6. The van der Waals surface area contributed by atoms with Gasteiger partial charge in [-0.2, -0.15) is 0 Å². The van der Waals surface area contributed by atoms with Gasteiger partial charge in [-0.05, 0) is 41.0 Å². The van der Waals surface area contributed by atoms with Crippen molar-refractivity contribution in [1.82, 2.24) is 10.2 Å². The molecule has 8 nitrogen and oxygen atoms in total. The maximum atomic E-state index is 13.4. The summed E-state index contributed by atoms with van der Waals surface area (Å²) in [6, 6.07) is 14.4. The van der Waals surface area contributed by atoms with Crippen molar-refractivity contribution in [3.05, 3.63) is 59.7 Å². The molecule has 1 saturated heterocycles. The highest BCUT2D eigenvalue weighted by atomic mass is 16.5. The number of carbonyl (C=O) groups is 3. The lowest BCUT2D eigenvalue weighted by Gasteiger charge is -2.36. The normalized spacial score (nSPS) is 22.1. The second-order valence-corrected chi connectivity index (χ2v) is 9.58. The monoisotopic (exact) mass is 478 g/mol. The molecule has 8 heteroatoms. The summed E-state index contributed by atoms with van der Waals surface area (Å²) in [6.45, 7) is 0.348. The number of ether oxygens (including phenoxy) is 2. The minimum absolute atomic E-state index is 0.0287. The quantitative estimate of drug-likeness (QED) is 0.632. The van der Waals surface area contributed by atoms with E-state index >= 15 is 0 Å². The van der Waals surface area contributed by atoms with Crippen molar-refractivity contribution in [3.63, 3.8) is 0 Å². The molecule has 1 saturated carbocycles. The standard InChI is InChI=1S/C27H30N2O6/c1-34-17-13-23(26(31)32)29(14-17)25(30)24(16-7-6-8-16)28-27(33)35-15-22-20-11-4-2-9-18(20)19-10-3-5-12-21(19)22/h2-5,9-12,16-17,22-24H,6-8,13-15H2,1H3,(H,28,33)(H,31,32). The second kappa shape index (κ2) is 9.70. The van der Waals surface area contributed by atoms with Crippen molar-refractivity contribution < 1.29 is 29.0 Å². The molecule has 3 aliphatic rings. The zero-order valence-electron chi connectivity index (χ0n) is 19.7. The molecule has 0 bridgehead atoms. The van der Waals surface area contributed by atoms with Crippen molar-refractivity contribution in [1.29, 1.82) is 0 Å². The van der Waals surface area contributed by atoms with E-state index in [1.807, 2.05) is 36.4 Å². The summed E-state index contributed by atoms with van der Waals surface area (Å²) in [7, 11) is 1.51. The Balaban J connectivity index is 1.28. The molecule has 184 valence electrons. The van der Waals surface area contributed by atoms with Crippen LogP contribution < -0.4 is 5.32 Å². The van der Waals surface area contributed by atoms with Gasteiger partial charge in [-0.1, -0.05) is 55.0 Å². The van der Waals surface area contributed by atoms with Crippen LogP contribution in [-0.4, -0.2) is 66.4 Å². The Hall–Kier alpha value is -3.39. The average molecular weight is 479 g/mol. The molecule has 0 aromatic heterocycles. The summed E-state index contributed by atoms with van der Waals surface area (Å²) in [5.41, 5.74) is 4.50. The fourth-order valence-corrected chi connectivity index (χ4v) is 5.55. The highest BCUT2D eigenvalue weighted by Crippen LogP contribution is 2.44. The number of carboxylic acids is 1. The van der Waals surface area contributed by atoms with E-state index in [0.717, 1.165) is 41.5 Å². The minimum atomic E-state index is -1.06. The molecule has 1 aliphatic heterocycles. The lowest BCUT2D eigenvalue weighted by atomic mass is 9.79. The summed E-state index contributed by atoms with van der Waals surface area (Å²) >= 11 is 0. The fraction of sp³-hybridized carbons (Fsp3) is 0.444. The van der Waals surface area contributed by atoms with E-state index in [4.69, 9.17) is 9.47 Å². The third kappa shape index (κ3) is 4.38. The lowest BCUT2D eigenvalue weighted by molar-refractivity contribution is -0.149. The Bertz CT molecular complexity index is 1080. The third-order valence-electron chi connectivity index (χ3n) is 7.67. The first-order valence-electron chi connectivity index (χ1n) is 12.2. The number of amides is 2. The molecule has 3 atom stereocenters. The zero-order chi connectivity index (χ0) is 24.5. The van der Waals surface area contributed by atoms with Gasteiger partial charge in [0, 0.05) is 26.0 Å². The molecule has 2 N–H and O–H groups in total. The fourth-order valence-electron chi connectivity index (χ4n) is 5.55. The number of rotatable bonds is 7. The summed E-state index contributed by atoms with van der Waals surface area (Å²) in [5.74, 6) is -1.55. The molecule has 5 rings (SSSR count). The summed E-state index contributed by atoms with van der Waals surface area (Å²) in [4.78, 5) is 39.4. The summed E-state index contributed by atoms with van der Waals surface area (Å²) < 4.78 is 11.0. The van der Waals surface area contributed by atoms with Crippen LogP contribution in [0.2, 0.25) is 0 Å². The maximum absolute atomic E-state index is 13.4. The number of benzene rings is 2. The van der Waals surface area contributed by atoms with E-state index in [-0.39, 0.29) is 43.4 Å². The van der Waals surface area contributed by atoms with Crippen LogP contribution in [0.5, 0.6) is 0 Å². The van der Waals surface area contributed by atoms with Gasteiger partial charge in [-0.25, -0.2) is 9.59 Å². The number of likely N-dealkylation sites (tertiary alicyclic amines) is 1. The highest BCUT2D eigenvalue weighted by molar-refractivity contribution is 5.90. The maximum Gasteiger partial charge on any atom is 0.407 e. The zero-order valence-corrected chi connectivity index (χ0v) is 19.7. The Kier molecular flexibility index (Phi) is 6.47. The molecular weight excluding hydrogens is 448 g/mol. The van der Waals surface area contributed by atoms with E-state index < -0.39 is 24.1 Å². The number of hydrogen-bond donors (Lipinski definition) is 2. The number of carboxylic acid groups (broad SMARTS) is 1. The number of aliphatic carboxylic acids is 1. The van der Waals surface area contributed by atoms with Crippen LogP contribution >= 0.6 is 0 Å². The van der Waals surface area contributed by atoms with E-state index in [0.29, 0.717) is 0 Å². The Morgan fingerprint density at radius 2 is 1.69 bits per heavy atom. The lowest BCUT2D eigenvalue weighted by Crippen LogP contribution is -2.56. The van der Waals surface area contributed by atoms with Crippen LogP contribution in [0.25, 0.3) is 11.1 Å². The topological polar surface area (TPSA) is 105 Å². The van der Waals surface area contributed by atoms with E-state index in [1.165, 1.54) is 12.0 Å². The number of carbonyl (C=O) groups excluding carboxylic acids is 2. The van der Waals surface area contributed by atoms with Crippen molar-refractivity contribution in [3.8, 4) is 11.1 Å². The number of nitrogens with one attached hydrogen (secondary N) is 1. The van der Waals surface area contributed by atoms with Gasteiger partial charge < -0.3 is 24.8 Å². The van der Waals surface area contributed by atoms with Gasteiger partial charge in [0.15, 0.2) is 0 Å². The summed E-state index contributed by atoms with van der Waals surface area (Å²) in [5, 5.41) is 12.4. The van der Waals surface area contributed by atoms with Gasteiger partial charge in [-0.15, -0.1) is 0 Å². The molecule has 1 heterocycles. The number of methoxy groups -OCH3 is 1. The predicted octanol–water partition coefficient (Wildman–Crippen LogP) is 3.39. The van der Waals surface area contributed by atoms with Crippen LogP contribution in [0.1, 0.15) is 42.7 Å². The van der Waals surface area contributed by atoms with Crippen molar-refractivity contribution in [2.24, 2.45) is 5.92 Å². The number of hydrogen-bond acceptors (Lipinski definition) is 5. The minimum Gasteiger partial charge on any atom is -0.480 e. The predicted molar refractivity (Wildman–Crippen MR) is 128 cm³/mol. The van der Waals surface area contributed by atoms with Crippen molar-refractivity contribution >= 4 is 18.0 Å². The van der Waals surface area contributed by atoms with Gasteiger partial charge >= 0.3 is 12.1 Å². The van der Waals surface area contributed by atoms with Gasteiger partial charge in [0.1, 0.15) is 18.7 Å². The molecule has 2 aromatic rings. The Morgan fingerprint density at radius 1 is 1.06 bits per heavy atom. The molecule has 2 aromatic carbocycles. The van der Waals surface area contributed by atoms with Crippen LogP contribution in [0, 0.1) is 5.92 Å². The van der Waals surface area contributed by atoms with Gasteiger partial charge in [0.2, 0.25) is 5.91 Å². The SMILES string of the molecule is COC1CC(C(=O)O)N(C(=O)C(NC(=O)OCC2c3ccccc3-c3ccccc32)C2CCC2)C1. The molecule has 0 radical (unpaired) electrons. The Morgan fingerprint density at radius 3 is 2.23 bits per heavy atom. The largest absolute Gasteiger partial charge is 0.480 e. The first-order chi connectivity index (χ1) is 17.0. The highest BCUT2D eigenvalue weighted by Gasteiger charge is 2.45. The smallest absolute Gasteiger partial charge is 0.407 e. The molecule has 3 unspecified atom stereocenters. The number of nitrogens with zero attached hydrogens (tertiary/aromatic N) is 1. The van der Waals surface area contributed by atoms with Crippen molar-refractivity contribution in [2.75, 3.05) is 20.3 Å². The molecule has 2 aliphatic carbocycles. The third-order valence-corrected chi connectivity index (χ3v) is 7.67. The molecule has 0 spiro atoms. The van der Waals surface area contributed by atoms with Crippen LogP contribution in [0.15, 0.2) is 48.5 Å². The molecule has 35 heavy (non-hydrogen) atoms. The van der Waals surface area contributed by atoms with Crippen LogP contribution in [0.4, 0.5) is 4.79 Å². The first-order valence-corrected chi connectivity index (χ1v) is 12.2. The van der Waals surface area contributed by atoms with Crippen molar-refractivity contribution in [2.45, 2.75) is 49.8 Å². The average Bonchev–Trinajstić information content (AvgIpc) is 3.41.